The van der Waals surface area contributed by atoms with E-state index < -0.39 is 0 Å². The highest BCUT2D eigenvalue weighted by atomic mass is 16.5. The second-order valence-corrected chi connectivity index (χ2v) is 8.09. The summed E-state index contributed by atoms with van der Waals surface area (Å²) in [4.78, 5) is 5.32. The number of benzene rings is 1. The second kappa shape index (κ2) is 7.65. The molecular formula is C21H32N2O3. The minimum atomic E-state index is 0.667. The van der Waals surface area contributed by atoms with E-state index in [0.29, 0.717) is 5.75 Å². The van der Waals surface area contributed by atoms with E-state index in [4.69, 9.17) is 14.2 Å². The lowest BCUT2D eigenvalue weighted by Gasteiger charge is -2.41. The Hall–Kier alpha value is -1.46. The Bertz CT molecular complexity index is 603. The maximum Gasteiger partial charge on any atom is 0.203 e. The van der Waals surface area contributed by atoms with Crippen LogP contribution in [0.1, 0.15) is 31.2 Å². The fraction of sp³-hybridized carbons (Fsp3) is 0.714. The molecule has 1 saturated heterocycles. The first-order valence-corrected chi connectivity index (χ1v) is 9.97. The summed E-state index contributed by atoms with van der Waals surface area (Å²) in [7, 11) is 5.00. The zero-order valence-corrected chi connectivity index (χ0v) is 16.4. The van der Waals surface area contributed by atoms with Crippen LogP contribution in [0, 0.1) is 11.8 Å². The number of fused-ring (bicyclic) bond motifs is 2. The zero-order valence-electron chi connectivity index (χ0n) is 16.4. The van der Waals surface area contributed by atoms with Crippen LogP contribution in [0.3, 0.4) is 0 Å². The van der Waals surface area contributed by atoms with Crippen molar-refractivity contribution in [2.75, 3.05) is 47.5 Å². The van der Waals surface area contributed by atoms with Crippen LogP contribution in [0.4, 0.5) is 0 Å². The largest absolute Gasteiger partial charge is 0.493 e. The van der Waals surface area contributed by atoms with Crippen LogP contribution in [-0.4, -0.2) is 63.4 Å². The van der Waals surface area contributed by atoms with Crippen molar-refractivity contribution in [3.8, 4) is 17.2 Å². The highest BCUT2D eigenvalue weighted by Crippen LogP contribution is 2.46. The van der Waals surface area contributed by atoms with E-state index in [2.05, 4.69) is 21.9 Å². The average Bonchev–Trinajstić information content (AvgIpc) is 3.31. The molecule has 0 radical (unpaired) electrons. The summed E-state index contributed by atoms with van der Waals surface area (Å²) in [5.74, 6) is 4.16. The van der Waals surface area contributed by atoms with Crippen molar-refractivity contribution >= 4 is 0 Å². The third-order valence-corrected chi connectivity index (χ3v) is 6.71. The van der Waals surface area contributed by atoms with E-state index in [1.165, 1.54) is 44.3 Å². The molecule has 26 heavy (non-hydrogen) atoms. The van der Waals surface area contributed by atoms with Crippen LogP contribution in [0.25, 0.3) is 0 Å². The van der Waals surface area contributed by atoms with Crippen LogP contribution in [0.5, 0.6) is 17.2 Å². The fourth-order valence-corrected chi connectivity index (χ4v) is 5.40. The standard InChI is InChI=1S/C21H32N2O3/c1-24-19-12-16(13-20(25-2)21(19)26-3)14-22-6-8-23(9-7-22)18-11-15-4-5-17(18)10-15/h12-13,15,17-18H,4-11,14H2,1-3H3/t15-,17-,18-/m1/s1. The molecular weight excluding hydrogens is 328 g/mol. The molecule has 1 aromatic carbocycles. The van der Waals surface area contributed by atoms with E-state index in [-0.39, 0.29) is 0 Å². The van der Waals surface area contributed by atoms with Gasteiger partial charge in [0.2, 0.25) is 5.75 Å². The smallest absolute Gasteiger partial charge is 0.203 e. The molecule has 2 aliphatic carbocycles. The average molecular weight is 360 g/mol. The number of rotatable bonds is 6. The minimum Gasteiger partial charge on any atom is -0.493 e. The molecule has 0 spiro atoms. The van der Waals surface area contributed by atoms with Crippen molar-refractivity contribution in [1.82, 2.24) is 9.80 Å². The van der Waals surface area contributed by atoms with Crippen molar-refractivity contribution in [2.45, 2.75) is 38.3 Å². The molecule has 2 bridgehead atoms. The molecule has 0 N–H and O–H groups in total. The molecule has 1 heterocycles. The van der Waals surface area contributed by atoms with Gasteiger partial charge in [-0.3, -0.25) is 9.80 Å². The van der Waals surface area contributed by atoms with Crippen molar-refractivity contribution in [3.63, 3.8) is 0 Å². The highest BCUT2D eigenvalue weighted by Gasteiger charge is 2.42. The molecule has 3 fully saturated rings. The molecule has 4 rings (SSSR count). The first kappa shape index (κ1) is 17.9. The topological polar surface area (TPSA) is 34.2 Å². The summed E-state index contributed by atoms with van der Waals surface area (Å²) in [6.45, 7) is 5.63. The zero-order chi connectivity index (χ0) is 18.1. The van der Waals surface area contributed by atoms with Crippen molar-refractivity contribution in [2.24, 2.45) is 11.8 Å². The van der Waals surface area contributed by atoms with Crippen LogP contribution < -0.4 is 14.2 Å². The molecule has 144 valence electrons. The van der Waals surface area contributed by atoms with Gasteiger partial charge in [0.1, 0.15) is 0 Å². The number of hydrogen-bond acceptors (Lipinski definition) is 5. The number of hydrogen-bond donors (Lipinski definition) is 0. The first-order chi connectivity index (χ1) is 12.7. The number of nitrogens with zero attached hydrogens (tertiary/aromatic N) is 2. The van der Waals surface area contributed by atoms with Crippen LogP contribution in [0.2, 0.25) is 0 Å². The Morgan fingerprint density at radius 2 is 1.58 bits per heavy atom. The number of piperazine rings is 1. The molecule has 0 amide bonds. The van der Waals surface area contributed by atoms with Crippen LogP contribution in [0.15, 0.2) is 12.1 Å². The van der Waals surface area contributed by atoms with E-state index in [1.807, 2.05) is 0 Å². The van der Waals surface area contributed by atoms with Crippen molar-refractivity contribution in [1.29, 1.82) is 0 Å². The third kappa shape index (κ3) is 3.39. The molecule has 0 aromatic heterocycles. The molecule has 2 saturated carbocycles. The Morgan fingerprint density at radius 1 is 0.885 bits per heavy atom. The monoisotopic (exact) mass is 360 g/mol. The quantitative estimate of drug-likeness (QED) is 0.779. The fourth-order valence-electron chi connectivity index (χ4n) is 5.40. The summed E-state index contributed by atoms with van der Waals surface area (Å²) in [6.07, 6.45) is 5.91. The lowest BCUT2D eigenvalue weighted by molar-refractivity contribution is 0.0679. The lowest BCUT2D eigenvalue weighted by Crippen LogP contribution is -2.51. The predicted molar refractivity (Wildman–Crippen MR) is 102 cm³/mol. The van der Waals surface area contributed by atoms with Gasteiger partial charge in [-0.15, -0.1) is 0 Å². The lowest BCUT2D eigenvalue weighted by atomic mass is 9.93. The van der Waals surface area contributed by atoms with Gasteiger partial charge in [-0.05, 0) is 48.8 Å². The maximum atomic E-state index is 5.49. The van der Waals surface area contributed by atoms with E-state index in [0.717, 1.165) is 49.0 Å². The molecule has 1 aliphatic heterocycles. The van der Waals surface area contributed by atoms with Gasteiger partial charge in [0.05, 0.1) is 21.3 Å². The van der Waals surface area contributed by atoms with E-state index in [1.54, 1.807) is 21.3 Å². The van der Waals surface area contributed by atoms with Crippen molar-refractivity contribution in [3.05, 3.63) is 17.7 Å². The molecule has 5 heteroatoms. The summed E-state index contributed by atoms with van der Waals surface area (Å²) >= 11 is 0. The van der Waals surface area contributed by atoms with Gasteiger partial charge in [-0.2, -0.15) is 0 Å². The summed E-state index contributed by atoms with van der Waals surface area (Å²) in [5, 5.41) is 0. The number of methoxy groups -OCH3 is 3. The third-order valence-electron chi connectivity index (χ3n) is 6.71. The summed E-state index contributed by atoms with van der Waals surface area (Å²) in [6, 6.07) is 5.02. The van der Waals surface area contributed by atoms with Gasteiger partial charge in [0.15, 0.2) is 11.5 Å². The number of ether oxygens (including phenoxy) is 3. The Balaban J connectivity index is 1.37. The van der Waals surface area contributed by atoms with E-state index in [9.17, 15) is 0 Å². The van der Waals surface area contributed by atoms with Gasteiger partial charge in [0, 0.05) is 38.8 Å². The van der Waals surface area contributed by atoms with Gasteiger partial charge < -0.3 is 14.2 Å². The van der Waals surface area contributed by atoms with E-state index >= 15 is 0 Å². The van der Waals surface area contributed by atoms with Gasteiger partial charge >= 0.3 is 0 Å². The second-order valence-electron chi connectivity index (χ2n) is 8.09. The molecule has 5 nitrogen and oxygen atoms in total. The Labute approximate surface area is 157 Å². The minimum absolute atomic E-state index is 0.667. The summed E-state index contributed by atoms with van der Waals surface area (Å²) in [5.41, 5.74) is 1.22. The predicted octanol–water partition coefficient (Wildman–Crippen LogP) is 3.02. The molecule has 3 atom stereocenters. The molecule has 3 aliphatic rings. The van der Waals surface area contributed by atoms with Crippen molar-refractivity contribution < 1.29 is 14.2 Å². The molecule has 1 aromatic rings. The highest BCUT2D eigenvalue weighted by molar-refractivity contribution is 5.53. The van der Waals surface area contributed by atoms with Crippen LogP contribution in [-0.2, 0) is 6.54 Å². The van der Waals surface area contributed by atoms with Gasteiger partial charge in [-0.1, -0.05) is 6.42 Å². The van der Waals surface area contributed by atoms with Crippen LogP contribution >= 0.6 is 0 Å². The normalized spacial score (nSPS) is 29.1. The maximum absolute atomic E-state index is 5.49. The molecule has 0 unspecified atom stereocenters. The Morgan fingerprint density at radius 3 is 2.08 bits per heavy atom. The Kier molecular flexibility index (Phi) is 5.28. The first-order valence-electron chi connectivity index (χ1n) is 9.97. The van der Waals surface area contributed by atoms with Gasteiger partial charge in [-0.25, -0.2) is 0 Å². The SMILES string of the molecule is COc1cc(CN2CCN([C@@H]3C[C@@H]4CC[C@@H]3C4)CC2)cc(OC)c1OC. The van der Waals surface area contributed by atoms with Gasteiger partial charge in [0.25, 0.3) is 0 Å². The summed E-state index contributed by atoms with van der Waals surface area (Å²) < 4.78 is 16.4.